The average molecular weight is 306 g/mol. The van der Waals surface area contributed by atoms with Crippen LogP contribution < -0.4 is 0 Å². The van der Waals surface area contributed by atoms with E-state index >= 15 is 0 Å². The van der Waals surface area contributed by atoms with Gasteiger partial charge in [-0.1, -0.05) is 15.9 Å². The molecule has 0 unspecified atom stereocenters. The lowest BCUT2D eigenvalue weighted by molar-refractivity contribution is -0.385. The van der Waals surface area contributed by atoms with Crippen molar-refractivity contribution in [2.45, 2.75) is 12.3 Å². The van der Waals surface area contributed by atoms with Gasteiger partial charge in [0, 0.05) is 5.33 Å². The number of nitrogens with zero attached hydrogens (tertiary/aromatic N) is 1. The number of carbonyl (C=O) groups excluding carboxylic acids is 1. The van der Waals surface area contributed by atoms with Crippen LogP contribution in [0.3, 0.4) is 0 Å². The van der Waals surface area contributed by atoms with Gasteiger partial charge < -0.3 is 4.74 Å². The van der Waals surface area contributed by atoms with Crippen LogP contribution in [0.1, 0.15) is 22.8 Å². The Kier molecular flexibility index (Phi) is 4.56. The van der Waals surface area contributed by atoms with Gasteiger partial charge in [0.2, 0.25) is 0 Å². The molecule has 0 saturated carbocycles. The van der Waals surface area contributed by atoms with Crippen LogP contribution >= 0.6 is 15.9 Å². The Morgan fingerprint density at radius 2 is 2.24 bits per heavy atom. The molecule has 7 heteroatoms. The molecule has 0 bridgehead atoms. The number of esters is 1. The minimum Gasteiger partial charge on any atom is -0.462 e. The molecule has 17 heavy (non-hydrogen) atoms. The number of hydrogen-bond donors (Lipinski definition) is 0. The molecule has 0 radical (unpaired) electrons. The van der Waals surface area contributed by atoms with Gasteiger partial charge in [-0.05, 0) is 18.6 Å². The summed E-state index contributed by atoms with van der Waals surface area (Å²) in [7, 11) is 0. The highest BCUT2D eigenvalue weighted by Crippen LogP contribution is 2.25. The molecule has 0 amide bonds. The van der Waals surface area contributed by atoms with E-state index in [0.29, 0.717) is 0 Å². The van der Waals surface area contributed by atoms with E-state index in [9.17, 15) is 19.3 Å². The molecule has 0 aromatic heterocycles. The summed E-state index contributed by atoms with van der Waals surface area (Å²) >= 11 is 3.03. The summed E-state index contributed by atoms with van der Waals surface area (Å²) in [5, 5.41) is 10.9. The standard InChI is InChI=1S/C10H9BrFNO4/c1-2-17-10(14)7-3-6(5-11)8(12)4-9(7)13(15)16/h3-4H,2,5H2,1H3. The summed E-state index contributed by atoms with van der Waals surface area (Å²) in [6, 6.07) is 1.85. The highest BCUT2D eigenvalue weighted by atomic mass is 79.9. The van der Waals surface area contributed by atoms with E-state index < -0.39 is 22.4 Å². The van der Waals surface area contributed by atoms with Gasteiger partial charge in [0.1, 0.15) is 11.4 Å². The van der Waals surface area contributed by atoms with E-state index in [0.717, 1.165) is 12.1 Å². The highest BCUT2D eigenvalue weighted by molar-refractivity contribution is 9.08. The number of nitro groups is 1. The van der Waals surface area contributed by atoms with E-state index in [1.165, 1.54) is 0 Å². The third-order valence-corrected chi connectivity index (χ3v) is 2.60. The molecule has 1 rings (SSSR count). The van der Waals surface area contributed by atoms with Crippen molar-refractivity contribution in [1.82, 2.24) is 0 Å². The third-order valence-electron chi connectivity index (χ3n) is 2.00. The zero-order valence-electron chi connectivity index (χ0n) is 8.91. The van der Waals surface area contributed by atoms with Crippen molar-refractivity contribution in [2.75, 3.05) is 6.61 Å². The molecule has 0 saturated heterocycles. The second kappa shape index (κ2) is 5.72. The normalized spacial score (nSPS) is 10.1. The van der Waals surface area contributed by atoms with E-state index in [4.69, 9.17) is 0 Å². The van der Waals surface area contributed by atoms with Crippen LogP contribution in [0, 0.1) is 15.9 Å². The number of alkyl halides is 1. The first-order valence-electron chi connectivity index (χ1n) is 4.71. The Morgan fingerprint density at radius 3 is 2.71 bits per heavy atom. The number of nitro benzene ring substituents is 1. The number of rotatable bonds is 4. The molecule has 1 aromatic carbocycles. The van der Waals surface area contributed by atoms with E-state index in [2.05, 4.69) is 20.7 Å². The number of hydrogen-bond acceptors (Lipinski definition) is 4. The highest BCUT2D eigenvalue weighted by Gasteiger charge is 2.24. The first-order chi connectivity index (χ1) is 8.01. The average Bonchev–Trinajstić information content (AvgIpc) is 2.28. The fraction of sp³-hybridized carbons (Fsp3) is 0.300. The molecule has 0 fully saturated rings. The van der Waals surface area contributed by atoms with E-state index in [1.54, 1.807) is 6.92 Å². The fourth-order valence-electron chi connectivity index (χ4n) is 1.23. The summed E-state index contributed by atoms with van der Waals surface area (Å²) < 4.78 is 18.0. The Morgan fingerprint density at radius 1 is 1.59 bits per heavy atom. The fourth-order valence-corrected chi connectivity index (χ4v) is 1.66. The van der Waals surface area contributed by atoms with E-state index in [-0.39, 0.29) is 23.1 Å². The van der Waals surface area contributed by atoms with Crippen molar-refractivity contribution in [2.24, 2.45) is 0 Å². The zero-order chi connectivity index (χ0) is 13.0. The largest absolute Gasteiger partial charge is 0.462 e. The lowest BCUT2D eigenvalue weighted by Crippen LogP contribution is -2.09. The molecular weight excluding hydrogens is 297 g/mol. The van der Waals surface area contributed by atoms with E-state index in [1.807, 2.05) is 0 Å². The molecule has 1 aromatic rings. The van der Waals surface area contributed by atoms with Crippen molar-refractivity contribution in [3.05, 3.63) is 39.2 Å². The minimum absolute atomic E-state index is 0.0943. The lowest BCUT2D eigenvalue weighted by atomic mass is 10.1. The molecule has 0 aliphatic rings. The number of benzene rings is 1. The first kappa shape index (κ1) is 13.6. The Labute approximate surface area is 105 Å². The monoisotopic (exact) mass is 305 g/mol. The smallest absolute Gasteiger partial charge is 0.345 e. The number of ether oxygens (including phenoxy) is 1. The quantitative estimate of drug-likeness (QED) is 0.371. The van der Waals surface area contributed by atoms with Gasteiger partial charge in [0.15, 0.2) is 0 Å². The third kappa shape index (κ3) is 3.00. The molecular formula is C10H9BrFNO4. The Hall–Kier alpha value is -1.50. The molecule has 0 aliphatic carbocycles. The van der Waals surface area contributed by atoms with Crippen LogP contribution in [0.2, 0.25) is 0 Å². The Bertz CT molecular complexity index is 464. The molecule has 0 aliphatic heterocycles. The lowest BCUT2D eigenvalue weighted by Gasteiger charge is -2.05. The summed E-state index contributed by atoms with van der Waals surface area (Å²) in [5.74, 6) is -1.57. The predicted molar refractivity (Wildman–Crippen MR) is 61.6 cm³/mol. The summed E-state index contributed by atoms with van der Waals surface area (Å²) in [6.07, 6.45) is 0. The minimum atomic E-state index is -0.832. The predicted octanol–water partition coefficient (Wildman–Crippen LogP) is 2.81. The van der Waals surface area contributed by atoms with Gasteiger partial charge in [-0.25, -0.2) is 9.18 Å². The zero-order valence-corrected chi connectivity index (χ0v) is 10.5. The number of halogens is 2. The van der Waals surface area contributed by atoms with Gasteiger partial charge in [-0.3, -0.25) is 10.1 Å². The SMILES string of the molecule is CCOC(=O)c1cc(CBr)c(F)cc1[N+](=O)[O-]. The van der Waals surface area contributed by atoms with Crippen LogP contribution in [-0.4, -0.2) is 17.5 Å². The van der Waals surface area contributed by atoms with Crippen molar-refractivity contribution < 1.29 is 18.8 Å². The molecule has 0 heterocycles. The second-order valence-electron chi connectivity index (χ2n) is 3.07. The maximum absolute atomic E-state index is 13.4. The van der Waals surface area contributed by atoms with Gasteiger partial charge in [-0.2, -0.15) is 0 Å². The maximum Gasteiger partial charge on any atom is 0.345 e. The second-order valence-corrected chi connectivity index (χ2v) is 3.63. The molecule has 0 atom stereocenters. The molecule has 0 spiro atoms. The van der Waals surface area contributed by atoms with Gasteiger partial charge >= 0.3 is 5.97 Å². The van der Waals surface area contributed by atoms with Crippen molar-refractivity contribution in [1.29, 1.82) is 0 Å². The topological polar surface area (TPSA) is 69.4 Å². The summed E-state index contributed by atoms with van der Waals surface area (Å²) in [4.78, 5) is 21.4. The van der Waals surface area contributed by atoms with Crippen molar-refractivity contribution in [3.8, 4) is 0 Å². The van der Waals surface area contributed by atoms with Gasteiger partial charge in [0.25, 0.3) is 5.69 Å². The van der Waals surface area contributed by atoms with Crippen LogP contribution in [0.4, 0.5) is 10.1 Å². The van der Waals surface area contributed by atoms with Crippen molar-refractivity contribution >= 4 is 27.6 Å². The van der Waals surface area contributed by atoms with Crippen molar-refractivity contribution in [3.63, 3.8) is 0 Å². The molecule has 0 N–H and O–H groups in total. The molecule has 5 nitrogen and oxygen atoms in total. The Balaban J connectivity index is 3.33. The van der Waals surface area contributed by atoms with Crippen LogP contribution in [-0.2, 0) is 10.1 Å². The van der Waals surface area contributed by atoms with Gasteiger partial charge in [0.05, 0.1) is 17.6 Å². The summed E-state index contributed by atoms with van der Waals surface area (Å²) in [5.41, 5.74) is -0.669. The van der Waals surface area contributed by atoms with Crippen LogP contribution in [0.5, 0.6) is 0 Å². The molecule has 92 valence electrons. The van der Waals surface area contributed by atoms with Crippen LogP contribution in [0.15, 0.2) is 12.1 Å². The van der Waals surface area contributed by atoms with Gasteiger partial charge in [-0.15, -0.1) is 0 Å². The number of carbonyl (C=O) groups is 1. The first-order valence-corrected chi connectivity index (χ1v) is 5.83. The van der Waals surface area contributed by atoms with Crippen LogP contribution in [0.25, 0.3) is 0 Å². The summed E-state index contributed by atoms with van der Waals surface area (Å²) in [6.45, 7) is 1.68. The maximum atomic E-state index is 13.4.